The van der Waals surface area contributed by atoms with Crippen LogP contribution in [0, 0.1) is 5.82 Å². The Bertz CT molecular complexity index is 613. The minimum Gasteiger partial charge on any atom is -0.496 e. The zero-order valence-corrected chi connectivity index (χ0v) is 12.6. The number of nitrogens with two attached hydrogens (primary N) is 1. The van der Waals surface area contributed by atoms with Crippen LogP contribution >= 0.6 is 0 Å². The molecule has 21 heavy (non-hydrogen) atoms. The average molecular weight is 288 g/mol. The standard InChI is InChI=1S/C17H21FN2O/c1-12(19)17-14(18)8-6-9-15(17)20(2)11-13-7-4-5-10-16(13)21-3/h4-10,12H,11,19H2,1-3H3/t12-/m1/s1. The van der Waals surface area contributed by atoms with Crippen molar-refractivity contribution in [3.8, 4) is 5.75 Å². The monoisotopic (exact) mass is 288 g/mol. The molecule has 0 bridgehead atoms. The van der Waals surface area contributed by atoms with Gasteiger partial charge >= 0.3 is 0 Å². The number of hydrogen-bond donors (Lipinski definition) is 1. The molecule has 2 N–H and O–H groups in total. The molecule has 0 aliphatic carbocycles. The lowest BCUT2D eigenvalue weighted by Gasteiger charge is -2.25. The quantitative estimate of drug-likeness (QED) is 0.915. The molecule has 0 aromatic heterocycles. The zero-order chi connectivity index (χ0) is 15.4. The summed E-state index contributed by atoms with van der Waals surface area (Å²) in [6, 6.07) is 12.5. The maximum atomic E-state index is 14.0. The van der Waals surface area contributed by atoms with Gasteiger partial charge in [-0.3, -0.25) is 0 Å². The predicted octanol–water partition coefficient (Wildman–Crippen LogP) is 3.49. The molecule has 0 fully saturated rings. The van der Waals surface area contributed by atoms with Gasteiger partial charge in [-0.05, 0) is 25.1 Å². The van der Waals surface area contributed by atoms with E-state index in [2.05, 4.69) is 0 Å². The summed E-state index contributed by atoms with van der Waals surface area (Å²) < 4.78 is 19.4. The minimum absolute atomic E-state index is 0.269. The van der Waals surface area contributed by atoms with Crippen molar-refractivity contribution in [1.29, 1.82) is 0 Å². The summed E-state index contributed by atoms with van der Waals surface area (Å²) in [6.45, 7) is 2.41. The third kappa shape index (κ3) is 3.34. The second kappa shape index (κ2) is 6.59. The van der Waals surface area contributed by atoms with Crippen molar-refractivity contribution in [3.63, 3.8) is 0 Å². The first kappa shape index (κ1) is 15.3. The van der Waals surface area contributed by atoms with Gasteiger partial charge in [-0.25, -0.2) is 4.39 Å². The molecule has 0 aliphatic rings. The highest BCUT2D eigenvalue weighted by atomic mass is 19.1. The second-order valence-corrected chi connectivity index (χ2v) is 5.13. The number of anilines is 1. The summed E-state index contributed by atoms with van der Waals surface area (Å²) in [7, 11) is 3.57. The van der Waals surface area contributed by atoms with Crippen molar-refractivity contribution in [1.82, 2.24) is 0 Å². The molecule has 2 aromatic rings. The lowest BCUT2D eigenvalue weighted by molar-refractivity contribution is 0.409. The van der Waals surface area contributed by atoms with Crippen LogP contribution in [-0.2, 0) is 6.54 Å². The van der Waals surface area contributed by atoms with Gasteiger partial charge in [0.1, 0.15) is 11.6 Å². The molecule has 112 valence electrons. The van der Waals surface area contributed by atoms with Crippen molar-refractivity contribution < 1.29 is 9.13 Å². The molecule has 0 spiro atoms. The smallest absolute Gasteiger partial charge is 0.130 e. The van der Waals surface area contributed by atoms with Crippen LogP contribution in [0.3, 0.4) is 0 Å². The van der Waals surface area contributed by atoms with Crippen molar-refractivity contribution >= 4 is 5.69 Å². The summed E-state index contributed by atoms with van der Waals surface area (Å²) >= 11 is 0. The molecule has 0 saturated carbocycles. The molecule has 0 amide bonds. The van der Waals surface area contributed by atoms with Crippen molar-refractivity contribution in [2.45, 2.75) is 19.5 Å². The molecule has 4 heteroatoms. The molecular weight excluding hydrogens is 267 g/mol. The van der Waals surface area contributed by atoms with Gasteiger partial charge in [0.25, 0.3) is 0 Å². The number of para-hydroxylation sites is 1. The van der Waals surface area contributed by atoms with Crippen molar-refractivity contribution in [3.05, 3.63) is 59.4 Å². The highest BCUT2D eigenvalue weighted by Gasteiger charge is 2.16. The first-order chi connectivity index (χ1) is 10.0. The first-order valence-electron chi connectivity index (χ1n) is 6.91. The Balaban J connectivity index is 2.33. The third-order valence-electron chi connectivity index (χ3n) is 3.50. The topological polar surface area (TPSA) is 38.5 Å². The molecule has 0 saturated heterocycles. The lowest BCUT2D eigenvalue weighted by Crippen LogP contribution is -2.21. The maximum Gasteiger partial charge on any atom is 0.130 e. The van der Waals surface area contributed by atoms with E-state index in [1.54, 1.807) is 20.1 Å². The van der Waals surface area contributed by atoms with Gasteiger partial charge in [0.2, 0.25) is 0 Å². The molecular formula is C17H21FN2O. The number of hydrogen-bond acceptors (Lipinski definition) is 3. The largest absolute Gasteiger partial charge is 0.496 e. The van der Waals surface area contributed by atoms with Crippen molar-refractivity contribution in [2.24, 2.45) is 5.73 Å². The van der Waals surface area contributed by atoms with Gasteiger partial charge in [0, 0.05) is 36.4 Å². The van der Waals surface area contributed by atoms with Crippen LogP contribution in [0.25, 0.3) is 0 Å². The molecule has 1 atom stereocenters. The van der Waals surface area contributed by atoms with Gasteiger partial charge < -0.3 is 15.4 Å². The Morgan fingerprint density at radius 3 is 2.57 bits per heavy atom. The van der Waals surface area contributed by atoms with Crippen LogP contribution < -0.4 is 15.4 Å². The summed E-state index contributed by atoms with van der Waals surface area (Å²) in [5, 5.41) is 0. The van der Waals surface area contributed by atoms with Crippen LogP contribution in [0.1, 0.15) is 24.1 Å². The lowest BCUT2D eigenvalue weighted by atomic mass is 10.0. The van der Waals surface area contributed by atoms with E-state index in [1.165, 1.54) is 6.07 Å². The van der Waals surface area contributed by atoms with Crippen LogP contribution in [0.2, 0.25) is 0 Å². The number of rotatable bonds is 5. The van der Waals surface area contributed by atoms with E-state index >= 15 is 0 Å². The van der Waals surface area contributed by atoms with E-state index in [1.807, 2.05) is 42.3 Å². The summed E-state index contributed by atoms with van der Waals surface area (Å²) in [6.07, 6.45) is 0. The predicted molar refractivity (Wildman–Crippen MR) is 84.1 cm³/mol. The Labute approximate surface area is 125 Å². The first-order valence-corrected chi connectivity index (χ1v) is 6.91. The number of nitrogens with zero attached hydrogens (tertiary/aromatic N) is 1. The van der Waals surface area contributed by atoms with Crippen LogP contribution in [0.5, 0.6) is 5.75 Å². The Kier molecular flexibility index (Phi) is 4.81. The van der Waals surface area contributed by atoms with E-state index in [-0.39, 0.29) is 11.9 Å². The molecule has 0 unspecified atom stereocenters. The third-order valence-corrected chi connectivity index (χ3v) is 3.50. The Morgan fingerprint density at radius 2 is 1.90 bits per heavy atom. The number of methoxy groups -OCH3 is 1. The normalized spacial score (nSPS) is 12.0. The van der Waals surface area contributed by atoms with E-state index in [4.69, 9.17) is 10.5 Å². The van der Waals surface area contributed by atoms with E-state index in [0.29, 0.717) is 12.1 Å². The molecule has 0 radical (unpaired) electrons. The maximum absolute atomic E-state index is 14.0. The number of ether oxygens (including phenoxy) is 1. The van der Waals surface area contributed by atoms with Gasteiger partial charge in [-0.1, -0.05) is 24.3 Å². The summed E-state index contributed by atoms with van der Waals surface area (Å²) in [4.78, 5) is 1.99. The number of halogens is 1. The minimum atomic E-state index is -0.360. The van der Waals surface area contributed by atoms with Crippen LogP contribution in [0.4, 0.5) is 10.1 Å². The average Bonchev–Trinajstić information content (AvgIpc) is 2.47. The molecule has 2 rings (SSSR count). The highest BCUT2D eigenvalue weighted by Crippen LogP contribution is 2.29. The fraction of sp³-hybridized carbons (Fsp3) is 0.294. The van der Waals surface area contributed by atoms with Gasteiger partial charge in [-0.15, -0.1) is 0 Å². The van der Waals surface area contributed by atoms with Crippen LogP contribution in [-0.4, -0.2) is 14.2 Å². The Hall–Kier alpha value is -2.07. The van der Waals surface area contributed by atoms with Gasteiger partial charge in [0.15, 0.2) is 0 Å². The van der Waals surface area contributed by atoms with E-state index in [0.717, 1.165) is 17.0 Å². The summed E-state index contributed by atoms with van der Waals surface area (Å²) in [5.41, 5.74) is 8.29. The molecule has 0 aliphatic heterocycles. The van der Waals surface area contributed by atoms with Crippen molar-refractivity contribution in [2.75, 3.05) is 19.1 Å². The van der Waals surface area contributed by atoms with Crippen LogP contribution in [0.15, 0.2) is 42.5 Å². The van der Waals surface area contributed by atoms with Gasteiger partial charge in [-0.2, -0.15) is 0 Å². The molecule has 0 heterocycles. The highest BCUT2D eigenvalue weighted by molar-refractivity contribution is 5.55. The van der Waals surface area contributed by atoms with E-state index < -0.39 is 0 Å². The Morgan fingerprint density at radius 1 is 1.19 bits per heavy atom. The molecule has 3 nitrogen and oxygen atoms in total. The fourth-order valence-corrected chi connectivity index (χ4v) is 2.48. The second-order valence-electron chi connectivity index (χ2n) is 5.13. The SMILES string of the molecule is COc1ccccc1CN(C)c1cccc(F)c1[C@@H](C)N. The van der Waals surface area contributed by atoms with Gasteiger partial charge in [0.05, 0.1) is 7.11 Å². The zero-order valence-electron chi connectivity index (χ0n) is 12.6. The fourth-order valence-electron chi connectivity index (χ4n) is 2.48. The molecule has 2 aromatic carbocycles. The summed E-state index contributed by atoms with van der Waals surface area (Å²) in [5.74, 6) is 0.553. The number of benzene rings is 2. The van der Waals surface area contributed by atoms with E-state index in [9.17, 15) is 4.39 Å².